The first kappa shape index (κ1) is 12.3. The second kappa shape index (κ2) is 5.03. The van der Waals surface area contributed by atoms with E-state index in [1.165, 1.54) is 0 Å². The van der Waals surface area contributed by atoms with Crippen LogP contribution in [0.2, 0.25) is 0 Å². The minimum atomic E-state index is -0.956. The van der Waals surface area contributed by atoms with Crippen LogP contribution >= 0.6 is 0 Å². The minimum Gasteiger partial charge on any atom is -0.352 e. The number of hydrogen-bond donors (Lipinski definition) is 2. The summed E-state index contributed by atoms with van der Waals surface area (Å²) in [7, 11) is 0. The van der Waals surface area contributed by atoms with Crippen molar-refractivity contribution in [2.75, 3.05) is 18.0 Å². The van der Waals surface area contributed by atoms with Crippen molar-refractivity contribution in [2.45, 2.75) is 25.7 Å². The molecule has 2 heterocycles. The number of H-pyrrole nitrogens is 2. The third-order valence-corrected chi connectivity index (χ3v) is 3.00. The molecule has 0 amide bonds. The lowest BCUT2D eigenvalue weighted by atomic mass is 10.2. The molecule has 98 valence electrons. The van der Waals surface area contributed by atoms with Crippen molar-refractivity contribution in [1.82, 2.24) is 9.97 Å². The average molecular weight is 254 g/mol. The first-order valence-corrected chi connectivity index (χ1v) is 5.85. The van der Waals surface area contributed by atoms with Crippen LogP contribution < -0.4 is 16.1 Å². The Morgan fingerprint density at radius 3 is 2.22 bits per heavy atom. The van der Waals surface area contributed by atoms with Gasteiger partial charge in [-0.15, -0.1) is 0 Å². The third-order valence-electron chi connectivity index (χ3n) is 3.00. The molecule has 8 nitrogen and oxygen atoms in total. The Hall–Kier alpha value is -2.12. The molecular formula is C10H14N4O4. The Morgan fingerprint density at radius 2 is 1.67 bits per heavy atom. The van der Waals surface area contributed by atoms with Gasteiger partial charge in [0, 0.05) is 13.1 Å². The molecule has 0 radical (unpaired) electrons. The zero-order valence-corrected chi connectivity index (χ0v) is 9.77. The highest BCUT2D eigenvalue weighted by atomic mass is 16.6. The molecule has 0 unspecified atom stereocenters. The van der Waals surface area contributed by atoms with E-state index in [2.05, 4.69) is 4.98 Å². The zero-order chi connectivity index (χ0) is 13.1. The Labute approximate surface area is 102 Å². The van der Waals surface area contributed by atoms with Gasteiger partial charge in [0.1, 0.15) is 0 Å². The van der Waals surface area contributed by atoms with E-state index >= 15 is 0 Å². The second-order valence-corrected chi connectivity index (χ2v) is 4.26. The van der Waals surface area contributed by atoms with Crippen molar-refractivity contribution < 1.29 is 4.92 Å². The largest absolute Gasteiger partial charge is 0.374 e. The lowest BCUT2D eigenvalue weighted by molar-refractivity contribution is -0.385. The van der Waals surface area contributed by atoms with Crippen molar-refractivity contribution in [3.8, 4) is 0 Å². The Kier molecular flexibility index (Phi) is 3.45. The van der Waals surface area contributed by atoms with E-state index in [0.29, 0.717) is 13.1 Å². The van der Waals surface area contributed by atoms with Crippen LogP contribution in [0.25, 0.3) is 0 Å². The van der Waals surface area contributed by atoms with E-state index in [1.807, 2.05) is 4.98 Å². The van der Waals surface area contributed by atoms with Gasteiger partial charge in [0.15, 0.2) is 5.82 Å². The van der Waals surface area contributed by atoms with Crippen LogP contribution in [-0.2, 0) is 0 Å². The smallest absolute Gasteiger partial charge is 0.352 e. The maximum atomic E-state index is 11.5. The molecule has 1 fully saturated rings. The van der Waals surface area contributed by atoms with E-state index < -0.39 is 21.9 Å². The Balaban J connectivity index is 2.50. The van der Waals surface area contributed by atoms with E-state index in [0.717, 1.165) is 25.7 Å². The number of nitro groups is 1. The molecular weight excluding hydrogens is 240 g/mol. The first-order chi connectivity index (χ1) is 8.59. The normalized spacial score (nSPS) is 16.3. The Morgan fingerprint density at radius 1 is 1.06 bits per heavy atom. The van der Waals surface area contributed by atoms with Crippen molar-refractivity contribution in [3.63, 3.8) is 0 Å². The predicted octanol–water partition coefficient (Wildman–Crippen LogP) is 0.352. The predicted molar refractivity (Wildman–Crippen MR) is 65.0 cm³/mol. The minimum absolute atomic E-state index is 0.0238. The number of aromatic amines is 2. The van der Waals surface area contributed by atoms with Crippen molar-refractivity contribution in [2.24, 2.45) is 0 Å². The maximum Gasteiger partial charge on any atom is 0.374 e. The standard InChI is InChI=1S/C10H14N4O4/c15-9-7(14(17)18)8(11-10(16)12-9)13-5-3-1-2-4-6-13/h1-6H2,(H2,11,12,15,16). The van der Waals surface area contributed by atoms with Gasteiger partial charge in [-0.3, -0.25) is 24.9 Å². The fourth-order valence-electron chi connectivity index (χ4n) is 2.16. The van der Waals surface area contributed by atoms with E-state index in [1.54, 1.807) is 4.90 Å². The Bertz CT molecular complexity index is 554. The SMILES string of the molecule is O=c1[nH]c(N2CCCCCC2)c([N+](=O)[O-])c(=O)[nH]1. The van der Waals surface area contributed by atoms with Crippen LogP contribution in [0.4, 0.5) is 11.5 Å². The molecule has 2 N–H and O–H groups in total. The monoisotopic (exact) mass is 254 g/mol. The first-order valence-electron chi connectivity index (χ1n) is 5.85. The molecule has 1 aliphatic rings. The molecule has 0 spiro atoms. The van der Waals surface area contributed by atoms with Crippen LogP contribution in [0, 0.1) is 10.1 Å². The quantitative estimate of drug-likeness (QED) is 0.584. The van der Waals surface area contributed by atoms with Gasteiger partial charge in [0.25, 0.3) is 0 Å². The summed E-state index contributed by atoms with van der Waals surface area (Å²) in [5, 5.41) is 10.9. The number of anilines is 1. The number of nitrogens with zero attached hydrogens (tertiary/aromatic N) is 2. The number of rotatable bonds is 2. The average Bonchev–Trinajstić information content (AvgIpc) is 2.55. The lowest BCUT2D eigenvalue weighted by Crippen LogP contribution is -2.33. The summed E-state index contributed by atoms with van der Waals surface area (Å²) >= 11 is 0. The number of nitrogens with one attached hydrogen (secondary N) is 2. The summed E-state index contributed by atoms with van der Waals surface area (Å²) in [4.78, 5) is 38.9. The fraction of sp³-hybridized carbons (Fsp3) is 0.600. The summed E-state index contributed by atoms with van der Waals surface area (Å²) in [6, 6.07) is 0. The fourth-order valence-corrected chi connectivity index (χ4v) is 2.16. The van der Waals surface area contributed by atoms with Crippen LogP contribution in [0.1, 0.15) is 25.7 Å². The van der Waals surface area contributed by atoms with Gasteiger partial charge in [0.2, 0.25) is 0 Å². The van der Waals surface area contributed by atoms with Crippen molar-refractivity contribution >= 4 is 11.5 Å². The van der Waals surface area contributed by atoms with Gasteiger partial charge in [0.05, 0.1) is 4.92 Å². The van der Waals surface area contributed by atoms with Crippen LogP contribution in [0.3, 0.4) is 0 Å². The van der Waals surface area contributed by atoms with Gasteiger partial charge in [-0.05, 0) is 12.8 Å². The van der Waals surface area contributed by atoms with Gasteiger partial charge >= 0.3 is 16.9 Å². The van der Waals surface area contributed by atoms with Crippen molar-refractivity contribution in [1.29, 1.82) is 0 Å². The molecule has 0 bridgehead atoms. The summed E-state index contributed by atoms with van der Waals surface area (Å²) in [5.41, 5.74) is -2.26. The molecule has 1 aromatic heterocycles. The summed E-state index contributed by atoms with van der Waals surface area (Å²) in [5.74, 6) is 0.0238. The molecule has 1 aliphatic heterocycles. The molecule has 0 aliphatic carbocycles. The maximum absolute atomic E-state index is 11.5. The highest BCUT2D eigenvalue weighted by molar-refractivity contribution is 5.55. The van der Waals surface area contributed by atoms with Crippen LogP contribution in [0.15, 0.2) is 9.59 Å². The summed E-state index contributed by atoms with van der Waals surface area (Å²) in [6.45, 7) is 1.22. The zero-order valence-electron chi connectivity index (χ0n) is 9.77. The highest BCUT2D eigenvalue weighted by Crippen LogP contribution is 2.22. The molecule has 8 heteroatoms. The molecule has 0 aromatic carbocycles. The van der Waals surface area contributed by atoms with Crippen LogP contribution in [0.5, 0.6) is 0 Å². The molecule has 0 atom stereocenters. The molecule has 18 heavy (non-hydrogen) atoms. The van der Waals surface area contributed by atoms with Gasteiger partial charge < -0.3 is 4.90 Å². The lowest BCUT2D eigenvalue weighted by Gasteiger charge is -2.20. The van der Waals surface area contributed by atoms with E-state index in [-0.39, 0.29) is 5.82 Å². The highest BCUT2D eigenvalue weighted by Gasteiger charge is 2.25. The molecule has 1 saturated heterocycles. The van der Waals surface area contributed by atoms with Crippen molar-refractivity contribution in [3.05, 3.63) is 31.0 Å². The van der Waals surface area contributed by atoms with Gasteiger partial charge in [-0.1, -0.05) is 12.8 Å². The second-order valence-electron chi connectivity index (χ2n) is 4.26. The molecule has 0 saturated carbocycles. The van der Waals surface area contributed by atoms with E-state index in [9.17, 15) is 19.7 Å². The molecule has 1 aromatic rings. The summed E-state index contributed by atoms with van der Waals surface area (Å²) < 4.78 is 0. The van der Waals surface area contributed by atoms with Gasteiger partial charge in [-0.2, -0.15) is 0 Å². The third kappa shape index (κ3) is 2.41. The number of hydrogen-bond acceptors (Lipinski definition) is 5. The topological polar surface area (TPSA) is 112 Å². The summed E-state index contributed by atoms with van der Waals surface area (Å²) in [6.07, 6.45) is 3.90. The van der Waals surface area contributed by atoms with Crippen LogP contribution in [-0.4, -0.2) is 28.0 Å². The number of aromatic nitrogens is 2. The van der Waals surface area contributed by atoms with E-state index in [4.69, 9.17) is 0 Å². The molecule has 2 rings (SSSR count). The van der Waals surface area contributed by atoms with Gasteiger partial charge in [-0.25, -0.2) is 4.79 Å².